The van der Waals surface area contributed by atoms with Gasteiger partial charge in [-0.3, -0.25) is 0 Å². The molecular formula is C8H10N3NaO. The van der Waals surface area contributed by atoms with Gasteiger partial charge in [-0.15, -0.1) is 0 Å². The molecule has 1 aromatic heterocycles. The molecule has 0 spiro atoms. The van der Waals surface area contributed by atoms with Gasteiger partial charge in [0.05, 0.1) is 0 Å². The van der Waals surface area contributed by atoms with Gasteiger partial charge in [0.15, 0.2) is 0 Å². The molecule has 0 fully saturated rings. The van der Waals surface area contributed by atoms with Gasteiger partial charge in [-0.05, 0) is 37.1 Å². The molecule has 0 bridgehead atoms. The van der Waals surface area contributed by atoms with Gasteiger partial charge < -0.3 is 5.48 Å². The number of aromatic amines is 1. The first-order valence-corrected chi connectivity index (χ1v) is 3.55. The molecule has 0 amide bonds. The van der Waals surface area contributed by atoms with Crippen LogP contribution in [0.4, 0.5) is 0 Å². The minimum absolute atomic E-state index is 0. The maximum absolute atomic E-state index is 3.98. The van der Waals surface area contributed by atoms with Crippen LogP contribution in [0.15, 0.2) is 12.1 Å². The minimum Gasteiger partial charge on any atom is -0.870 e. The van der Waals surface area contributed by atoms with Gasteiger partial charge >= 0.3 is 29.6 Å². The van der Waals surface area contributed by atoms with Crippen molar-refractivity contribution in [2.24, 2.45) is 0 Å². The monoisotopic (exact) mass is 187 g/mol. The number of hydrogen-bond donors (Lipinski definition) is 1. The molecule has 0 unspecified atom stereocenters. The van der Waals surface area contributed by atoms with Gasteiger partial charge in [0.25, 0.3) is 0 Å². The van der Waals surface area contributed by atoms with Crippen LogP contribution in [0, 0.1) is 13.8 Å². The van der Waals surface area contributed by atoms with E-state index in [2.05, 4.69) is 29.3 Å². The largest absolute Gasteiger partial charge is 1.00 e. The van der Waals surface area contributed by atoms with Crippen LogP contribution in [0.1, 0.15) is 11.1 Å². The summed E-state index contributed by atoms with van der Waals surface area (Å²) in [5, 5.41) is 10.6. The Bertz CT molecular complexity index is 363. The van der Waals surface area contributed by atoms with Crippen molar-refractivity contribution in [3.8, 4) is 0 Å². The second-order valence-electron chi connectivity index (χ2n) is 2.75. The second kappa shape index (κ2) is 4.72. The van der Waals surface area contributed by atoms with Crippen LogP contribution >= 0.6 is 0 Å². The molecular weight excluding hydrogens is 177 g/mol. The Kier molecular flexibility index (Phi) is 4.56. The van der Waals surface area contributed by atoms with Gasteiger partial charge in [0, 0.05) is 0 Å². The molecule has 2 rings (SSSR count). The molecule has 0 aliphatic rings. The Morgan fingerprint density at radius 3 is 1.77 bits per heavy atom. The van der Waals surface area contributed by atoms with Crippen LogP contribution in [-0.4, -0.2) is 20.9 Å². The molecule has 2 aromatic rings. The van der Waals surface area contributed by atoms with Crippen LogP contribution in [0.25, 0.3) is 11.0 Å². The molecule has 0 saturated carbocycles. The predicted octanol–water partition coefficient (Wildman–Crippen LogP) is -1.60. The average molecular weight is 187 g/mol. The Hall–Kier alpha value is -0.420. The van der Waals surface area contributed by atoms with Crippen molar-refractivity contribution in [3.05, 3.63) is 23.3 Å². The summed E-state index contributed by atoms with van der Waals surface area (Å²) < 4.78 is 0. The first-order valence-electron chi connectivity index (χ1n) is 3.55. The molecule has 64 valence electrons. The normalized spacial score (nSPS) is 9.08. The van der Waals surface area contributed by atoms with E-state index in [1.165, 1.54) is 11.1 Å². The number of fused-ring (bicyclic) bond motifs is 1. The van der Waals surface area contributed by atoms with Crippen molar-refractivity contribution in [2.45, 2.75) is 13.8 Å². The molecule has 0 radical (unpaired) electrons. The fourth-order valence-corrected chi connectivity index (χ4v) is 1.10. The molecule has 13 heavy (non-hydrogen) atoms. The maximum Gasteiger partial charge on any atom is 1.00 e. The molecule has 0 aliphatic heterocycles. The number of nitrogens with zero attached hydrogens (tertiary/aromatic N) is 2. The van der Waals surface area contributed by atoms with E-state index < -0.39 is 0 Å². The second-order valence-corrected chi connectivity index (χ2v) is 2.75. The van der Waals surface area contributed by atoms with E-state index in [1.54, 1.807) is 0 Å². The summed E-state index contributed by atoms with van der Waals surface area (Å²) in [4.78, 5) is 0. The third-order valence-electron chi connectivity index (χ3n) is 1.93. The van der Waals surface area contributed by atoms with Crippen molar-refractivity contribution in [3.63, 3.8) is 0 Å². The minimum atomic E-state index is 0. The van der Waals surface area contributed by atoms with E-state index in [0.29, 0.717) is 0 Å². The van der Waals surface area contributed by atoms with E-state index in [0.717, 1.165) is 11.0 Å². The first-order chi connectivity index (χ1) is 5.27. The Morgan fingerprint density at radius 1 is 1.00 bits per heavy atom. The number of hydrogen-bond acceptors (Lipinski definition) is 3. The van der Waals surface area contributed by atoms with Crippen molar-refractivity contribution in [2.75, 3.05) is 0 Å². The zero-order chi connectivity index (χ0) is 7.84. The van der Waals surface area contributed by atoms with E-state index in [9.17, 15) is 0 Å². The number of aromatic nitrogens is 3. The summed E-state index contributed by atoms with van der Waals surface area (Å²) in [6.45, 7) is 4.15. The van der Waals surface area contributed by atoms with E-state index in [4.69, 9.17) is 0 Å². The fourth-order valence-electron chi connectivity index (χ4n) is 1.10. The number of benzene rings is 1. The van der Waals surface area contributed by atoms with Gasteiger partial charge in [0.1, 0.15) is 11.0 Å². The first kappa shape index (κ1) is 12.6. The Labute approximate surface area is 98.3 Å². The Balaban J connectivity index is 0.000000720. The summed E-state index contributed by atoms with van der Waals surface area (Å²) in [6.07, 6.45) is 0. The van der Waals surface area contributed by atoms with Crippen LogP contribution in [-0.2, 0) is 0 Å². The summed E-state index contributed by atoms with van der Waals surface area (Å²) in [5.74, 6) is 0. The summed E-state index contributed by atoms with van der Waals surface area (Å²) in [7, 11) is 0. The smallest absolute Gasteiger partial charge is 0.870 e. The summed E-state index contributed by atoms with van der Waals surface area (Å²) >= 11 is 0. The van der Waals surface area contributed by atoms with Crippen molar-refractivity contribution in [1.29, 1.82) is 0 Å². The van der Waals surface area contributed by atoms with Gasteiger partial charge in [0.2, 0.25) is 0 Å². The molecule has 0 atom stereocenters. The third kappa shape index (κ3) is 2.28. The quantitative estimate of drug-likeness (QED) is 0.505. The number of H-pyrrole nitrogens is 1. The van der Waals surface area contributed by atoms with Crippen molar-refractivity contribution in [1.82, 2.24) is 15.4 Å². The SMILES string of the molecule is Cc1cc2n[nH]nc2cc1C.[Na+].[OH-]. The zero-order valence-electron chi connectivity index (χ0n) is 8.00. The fraction of sp³-hybridized carbons (Fsp3) is 0.250. The standard InChI is InChI=1S/C8H9N3.Na.H2O/c1-5-3-7-8(4-6(5)2)10-11-9-7;;/h3-4H,1-2H3,(H,9,10,11);;1H2/q;+1;/p-1. The van der Waals surface area contributed by atoms with E-state index in [-0.39, 0.29) is 35.0 Å². The number of aryl methyl sites for hydroxylation is 2. The molecule has 1 aromatic carbocycles. The molecule has 0 aliphatic carbocycles. The Morgan fingerprint density at radius 2 is 1.38 bits per heavy atom. The topological polar surface area (TPSA) is 71.6 Å². The summed E-state index contributed by atoms with van der Waals surface area (Å²) in [6, 6.07) is 4.07. The van der Waals surface area contributed by atoms with Crippen molar-refractivity contribution < 1.29 is 35.0 Å². The summed E-state index contributed by atoms with van der Waals surface area (Å²) in [5.41, 5.74) is 4.39. The van der Waals surface area contributed by atoms with Crippen LogP contribution < -0.4 is 29.6 Å². The molecule has 5 heteroatoms. The van der Waals surface area contributed by atoms with Gasteiger partial charge in [-0.2, -0.15) is 15.4 Å². The molecule has 0 saturated heterocycles. The van der Waals surface area contributed by atoms with Gasteiger partial charge in [-0.25, -0.2) is 0 Å². The van der Waals surface area contributed by atoms with E-state index in [1.807, 2.05) is 12.1 Å². The molecule has 2 N–H and O–H groups in total. The van der Waals surface area contributed by atoms with Crippen LogP contribution in [0.2, 0.25) is 0 Å². The number of nitrogens with one attached hydrogen (secondary N) is 1. The van der Waals surface area contributed by atoms with E-state index >= 15 is 0 Å². The van der Waals surface area contributed by atoms with Crippen LogP contribution in [0.3, 0.4) is 0 Å². The predicted molar refractivity (Wildman–Crippen MR) is 45.3 cm³/mol. The maximum atomic E-state index is 3.98. The average Bonchev–Trinajstić information content (AvgIpc) is 2.36. The van der Waals surface area contributed by atoms with Gasteiger partial charge in [-0.1, -0.05) is 0 Å². The number of rotatable bonds is 0. The van der Waals surface area contributed by atoms with Crippen molar-refractivity contribution >= 4 is 11.0 Å². The van der Waals surface area contributed by atoms with Crippen LogP contribution in [0.5, 0.6) is 0 Å². The molecule has 4 nitrogen and oxygen atoms in total. The zero-order valence-corrected chi connectivity index (χ0v) is 10.00. The third-order valence-corrected chi connectivity index (χ3v) is 1.93. The molecule has 1 heterocycles.